The smallest absolute Gasteiger partial charge is 0.229 e. The molecule has 1 unspecified atom stereocenters. The number of ether oxygens (including phenoxy) is 1. The van der Waals surface area contributed by atoms with E-state index in [9.17, 15) is 0 Å². The quantitative estimate of drug-likeness (QED) is 0.835. The molecule has 5 heteroatoms. The van der Waals surface area contributed by atoms with Crippen LogP contribution in [-0.4, -0.2) is 35.9 Å². The normalized spacial score (nSPS) is 25.1. The number of hydrogen-bond donors (Lipinski definition) is 1. The zero-order valence-electron chi connectivity index (χ0n) is 10.0. The van der Waals surface area contributed by atoms with Crippen molar-refractivity contribution in [3.63, 3.8) is 0 Å². The van der Waals surface area contributed by atoms with Crippen LogP contribution in [0.5, 0.6) is 0 Å². The van der Waals surface area contributed by atoms with Gasteiger partial charge in [0.25, 0.3) is 0 Å². The predicted octanol–water partition coefficient (Wildman–Crippen LogP) is 1.26. The van der Waals surface area contributed by atoms with Gasteiger partial charge in [-0.1, -0.05) is 5.16 Å². The van der Waals surface area contributed by atoms with E-state index < -0.39 is 0 Å². The highest BCUT2D eigenvalue weighted by atomic mass is 16.5. The molecule has 0 radical (unpaired) electrons. The van der Waals surface area contributed by atoms with Crippen molar-refractivity contribution in [2.75, 3.05) is 19.7 Å². The lowest BCUT2D eigenvalue weighted by Gasteiger charge is -2.22. The van der Waals surface area contributed by atoms with E-state index in [1.54, 1.807) is 0 Å². The Morgan fingerprint density at radius 3 is 3.06 bits per heavy atom. The summed E-state index contributed by atoms with van der Waals surface area (Å²) in [6.07, 6.45) is 5.88. The Bertz CT molecular complexity index is 356. The van der Waals surface area contributed by atoms with Crippen LogP contribution in [0.3, 0.4) is 0 Å². The van der Waals surface area contributed by atoms with Gasteiger partial charge >= 0.3 is 0 Å². The maximum Gasteiger partial charge on any atom is 0.229 e. The van der Waals surface area contributed by atoms with Gasteiger partial charge < -0.3 is 14.6 Å². The van der Waals surface area contributed by atoms with Crippen molar-refractivity contribution in [2.24, 2.45) is 0 Å². The molecule has 17 heavy (non-hydrogen) atoms. The third-order valence-corrected chi connectivity index (χ3v) is 3.34. The number of hydrogen-bond acceptors (Lipinski definition) is 5. The molecule has 2 aliphatic rings. The number of nitrogens with one attached hydrogen (secondary N) is 1. The first kappa shape index (κ1) is 11.2. The molecule has 0 bridgehead atoms. The first-order valence-corrected chi connectivity index (χ1v) is 6.56. The van der Waals surface area contributed by atoms with E-state index in [0.717, 1.165) is 37.6 Å². The van der Waals surface area contributed by atoms with E-state index in [1.165, 1.54) is 19.3 Å². The van der Waals surface area contributed by atoms with Crippen molar-refractivity contribution < 1.29 is 9.26 Å². The minimum Gasteiger partial charge on any atom is -0.376 e. The summed E-state index contributed by atoms with van der Waals surface area (Å²) in [7, 11) is 0. The standard InChI is InChI=1S/C12H19N3O2/c1-2-10(8-13-6-1)16-7-5-11-14-12(17-15-11)9-3-4-9/h9-10,13H,1-8H2. The lowest BCUT2D eigenvalue weighted by atomic mass is 10.1. The summed E-state index contributed by atoms with van der Waals surface area (Å²) >= 11 is 0. The number of rotatable bonds is 5. The molecule has 2 heterocycles. The van der Waals surface area contributed by atoms with Crippen LogP contribution in [0.15, 0.2) is 4.52 Å². The number of nitrogens with zero attached hydrogens (tertiary/aromatic N) is 2. The van der Waals surface area contributed by atoms with Crippen LogP contribution in [0.25, 0.3) is 0 Å². The molecule has 1 aliphatic heterocycles. The summed E-state index contributed by atoms with van der Waals surface area (Å²) in [5, 5.41) is 7.31. The zero-order chi connectivity index (χ0) is 11.5. The molecule has 1 saturated heterocycles. The van der Waals surface area contributed by atoms with Crippen LogP contribution in [0.2, 0.25) is 0 Å². The number of piperidine rings is 1. The third-order valence-electron chi connectivity index (χ3n) is 3.34. The average molecular weight is 237 g/mol. The van der Waals surface area contributed by atoms with E-state index in [4.69, 9.17) is 9.26 Å². The summed E-state index contributed by atoms with van der Waals surface area (Å²) in [5.74, 6) is 2.15. The van der Waals surface area contributed by atoms with Crippen molar-refractivity contribution >= 4 is 0 Å². The van der Waals surface area contributed by atoms with Gasteiger partial charge in [0.15, 0.2) is 5.82 Å². The van der Waals surface area contributed by atoms with Crippen molar-refractivity contribution in [2.45, 2.75) is 44.1 Å². The SMILES string of the molecule is C1CNCC(OCCc2noc(C3CC3)n2)C1. The summed E-state index contributed by atoms with van der Waals surface area (Å²) in [5.41, 5.74) is 0. The van der Waals surface area contributed by atoms with Crippen molar-refractivity contribution in [3.05, 3.63) is 11.7 Å². The lowest BCUT2D eigenvalue weighted by molar-refractivity contribution is 0.0381. The molecule has 0 aromatic carbocycles. The molecule has 1 aromatic rings. The second-order valence-corrected chi connectivity index (χ2v) is 4.91. The Hall–Kier alpha value is -0.940. The summed E-state index contributed by atoms with van der Waals surface area (Å²) in [6.45, 7) is 2.78. The fraction of sp³-hybridized carbons (Fsp3) is 0.833. The lowest BCUT2D eigenvalue weighted by Crippen LogP contribution is -2.35. The molecule has 1 aliphatic carbocycles. The van der Waals surface area contributed by atoms with E-state index in [1.807, 2.05) is 0 Å². The van der Waals surface area contributed by atoms with Crippen LogP contribution in [0.1, 0.15) is 43.3 Å². The van der Waals surface area contributed by atoms with Gasteiger partial charge in [-0.05, 0) is 32.2 Å². The maximum atomic E-state index is 5.79. The van der Waals surface area contributed by atoms with Crippen LogP contribution in [0.4, 0.5) is 0 Å². The fourth-order valence-electron chi connectivity index (χ4n) is 2.14. The van der Waals surface area contributed by atoms with Crippen LogP contribution in [0, 0.1) is 0 Å². The molecule has 3 rings (SSSR count). The van der Waals surface area contributed by atoms with Gasteiger partial charge in [0.05, 0.1) is 12.7 Å². The predicted molar refractivity (Wildman–Crippen MR) is 61.8 cm³/mol. The molecule has 1 aromatic heterocycles. The zero-order valence-corrected chi connectivity index (χ0v) is 10.0. The topological polar surface area (TPSA) is 60.2 Å². The molecular formula is C12H19N3O2. The van der Waals surface area contributed by atoms with E-state index in [-0.39, 0.29) is 0 Å². The summed E-state index contributed by atoms with van der Waals surface area (Å²) in [6, 6.07) is 0. The van der Waals surface area contributed by atoms with Crippen LogP contribution < -0.4 is 5.32 Å². The Labute approximate surface area is 101 Å². The Morgan fingerprint density at radius 1 is 1.35 bits per heavy atom. The summed E-state index contributed by atoms with van der Waals surface area (Å²) in [4.78, 5) is 4.38. The van der Waals surface area contributed by atoms with Gasteiger partial charge in [-0.25, -0.2) is 0 Å². The van der Waals surface area contributed by atoms with E-state index in [2.05, 4.69) is 15.5 Å². The minimum atomic E-state index is 0.360. The van der Waals surface area contributed by atoms with E-state index >= 15 is 0 Å². The van der Waals surface area contributed by atoms with Gasteiger partial charge in [0.1, 0.15) is 0 Å². The second kappa shape index (κ2) is 5.14. The molecule has 5 nitrogen and oxygen atoms in total. The monoisotopic (exact) mass is 237 g/mol. The molecule has 1 saturated carbocycles. The molecular weight excluding hydrogens is 218 g/mol. The average Bonchev–Trinajstić information content (AvgIpc) is 3.11. The first-order valence-electron chi connectivity index (χ1n) is 6.56. The molecule has 1 N–H and O–H groups in total. The van der Waals surface area contributed by atoms with Crippen molar-refractivity contribution in [3.8, 4) is 0 Å². The Balaban J connectivity index is 1.40. The van der Waals surface area contributed by atoms with E-state index in [0.29, 0.717) is 18.6 Å². The van der Waals surface area contributed by atoms with Gasteiger partial charge in [-0.2, -0.15) is 4.98 Å². The van der Waals surface area contributed by atoms with Gasteiger partial charge in [0.2, 0.25) is 5.89 Å². The van der Waals surface area contributed by atoms with Gasteiger partial charge in [-0.15, -0.1) is 0 Å². The molecule has 94 valence electrons. The molecule has 1 atom stereocenters. The van der Waals surface area contributed by atoms with Gasteiger partial charge in [-0.3, -0.25) is 0 Å². The molecule has 0 amide bonds. The van der Waals surface area contributed by atoms with Crippen molar-refractivity contribution in [1.29, 1.82) is 0 Å². The Kier molecular flexibility index (Phi) is 3.38. The Morgan fingerprint density at radius 2 is 2.29 bits per heavy atom. The van der Waals surface area contributed by atoms with Crippen molar-refractivity contribution in [1.82, 2.24) is 15.5 Å². The van der Waals surface area contributed by atoms with Crippen LogP contribution in [-0.2, 0) is 11.2 Å². The molecule has 2 fully saturated rings. The summed E-state index contributed by atoms with van der Waals surface area (Å²) < 4.78 is 11.0. The maximum absolute atomic E-state index is 5.79. The minimum absolute atomic E-state index is 0.360. The largest absolute Gasteiger partial charge is 0.376 e. The van der Waals surface area contributed by atoms with Gasteiger partial charge in [0, 0.05) is 18.9 Å². The number of aromatic nitrogens is 2. The first-order chi connectivity index (χ1) is 8.42. The van der Waals surface area contributed by atoms with Crippen LogP contribution >= 0.6 is 0 Å². The second-order valence-electron chi connectivity index (χ2n) is 4.91. The highest BCUT2D eigenvalue weighted by Crippen LogP contribution is 2.38. The fourth-order valence-corrected chi connectivity index (χ4v) is 2.14. The highest BCUT2D eigenvalue weighted by molar-refractivity contribution is 5.01. The highest BCUT2D eigenvalue weighted by Gasteiger charge is 2.29. The third kappa shape index (κ3) is 3.04. The molecule has 0 spiro atoms.